The van der Waals surface area contributed by atoms with E-state index in [2.05, 4.69) is 25.8 Å². The Bertz CT molecular complexity index is 1050. The lowest BCUT2D eigenvalue weighted by Crippen LogP contribution is -2.52. The van der Waals surface area contributed by atoms with Gasteiger partial charge in [0.15, 0.2) is 5.72 Å². The molecule has 0 aliphatic carbocycles. The molecule has 0 bridgehead atoms. The average Bonchev–Trinajstić information content (AvgIpc) is 3.41. The van der Waals surface area contributed by atoms with Crippen LogP contribution in [0.5, 0.6) is 5.75 Å². The van der Waals surface area contributed by atoms with Gasteiger partial charge in [0.1, 0.15) is 5.75 Å². The van der Waals surface area contributed by atoms with Crippen LogP contribution in [0.25, 0.3) is 0 Å². The number of carbonyl (C=O) groups is 2. The van der Waals surface area contributed by atoms with Crippen LogP contribution in [0, 0.1) is 11.8 Å². The van der Waals surface area contributed by atoms with Gasteiger partial charge in [-0.15, -0.1) is 11.3 Å². The number of thiazole rings is 1. The van der Waals surface area contributed by atoms with Crippen molar-refractivity contribution in [1.82, 2.24) is 9.88 Å². The molecule has 3 rings (SSSR count). The molecule has 0 spiro atoms. The summed E-state index contributed by atoms with van der Waals surface area (Å²) < 4.78 is 17.1. The molecule has 0 radical (unpaired) electrons. The fourth-order valence-corrected chi connectivity index (χ4v) is 5.84. The number of ether oxygens (including phenoxy) is 3. The predicted octanol–water partition coefficient (Wildman–Crippen LogP) is 6.13. The highest BCUT2D eigenvalue weighted by Crippen LogP contribution is 2.51. The number of rotatable bonds is 9. The molecule has 0 unspecified atom stereocenters. The number of likely N-dealkylation sites (tertiary alicyclic amines) is 1. The minimum absolute atomic E-state index is 0.0689. The molecule has 2 aromatic rings. The molecule has 2 heterocycles. The normalized spacial score (nSPS) is 22.2. The Hall–Kier alpha value is -2.65. The minimum Gasteiger partial charge on any atom is -0.496 e. The first-order valence-electron chi connectivity index (χ1n) is 12.3. The lowest BCUT2D eigenvalue weighted by molar-refractivity contribution is -0.108. The predicted molar refractivity (Wildman–Crippen MR) is 139 cm³/mol. The first kappa shape index (κ1) is 27.9. The van der Waals surface area contributed by atoms with E-state index in [0.29, 0.717) is 43.1 Å². The second-order valence-corrected chi connectivity index (χ2v) is 11.5. The summed E-state index contributed by atoms with van der Waals surface area (Å²) in [6, 6.07) is 4.92. The van der Waals surface area contributed by atoms with Crippen molar-refractivity contribution in [1.29, 1.82) is 0 Å². The summed E-state index contributed by atoms with van der Waals surface area (Å²) in [6.07, 6.45) is -0.739. The summed E-state index contributed by atoms with van der Waals surface area (Å²) >= 11 is 1.43. The maximum atomic E-state index is 14.3. The standard InChI is InChI=1S/C27H38N2O6S/c1-8-34-14-19-13-27(12-17(2)3,35-25(31)32)29(23(19)21-15-36-16-28-21)24(30)18-9-10-20(26(4,5)6)22(11-18)33-7/h9-11,15-17,19,23H,8,12-14H2,1-7H3,(H,31,32)/t19-,23-,27+/m1/s1. The molecule has 0 saturated carbocycles. The molecule has 1 saturated heterocycles. The van der Waals surface area contributed by atoms with E-state index < -0.39 is 17.9 Å². The van der Waals surface area contributed by atoms with Crippen LogP contribution in [0.2, 0.25) is 0 Å². The third kappa shape index (κ3) is 5.83. The monoisotopic (exact) mass is 518 g/mol. The van der Waals surface area contributed by atoms with Crippen molar-refractivity contribution in [2.24, 2.45) is 11.8 Å². The molecule has 8 nitrogen and oxygen atoms in total. The molecule has 1 fully saturated rings. The Labute approximate surface area is 217 Å². The van der Waals surface area contributed by atoms with Crippen molar-refractivity contribution in [3.05, 3.63) is 45.9 Å². The van der Waals surface area contributed by atoms with Gasteiger partial charge < -0.3 is 19.3 Å². The summed E-state index contributed by atoms with van der Waals surface area (Å²) in [5.41, 5.74) is 2.26. The Kier molecular flexibility index (Phi) is 8.67. The Morgan fingerprint density at radius 1 is 1.31 bits per heavy atom. The fourth-order valence-electron chi connectivity index (χ4n) is 5.25. The van der Waals surface area contributed by atoms with Gasteiger partial charge in [0.05, 0.1) is 31.0 Å². The number of benzene rings is 1. The minimum atomic E-state index is -1.41. The van der Waals surface area contributed by atoms with Gasteiger partial charge in [0.2, 0.25) is 0 Å². The van der Waals surface area contributed by atoms with Gasteiger partial charge in [-0.2, -0.15) is 0 Å². The quantitative estimate of drug-likeness (QED) is 0.399. The van der Waals surface area contributed by atoms with Gasteiger partial charge in [0, 0.05) is 36.3 Å². The largest absolute Gasteiger partial charge is 0.507 e. The molecule has 1 aliphatic rings. The van der Waals surface area contributed by atoms with Crippen LogP contribution in [-0.2, 0) is 14.9 Å². The number of hydrogen-bond acceptors (Lipinski definition) is 7. The van der Waals surface area contributed by atoms with Gasteiger partial charge in [-0.3, -0.25) is 9.69 Å². The van der Waals surface area contributed by atoms with E-state index >= 15 is 0 Å². The molecule has 198 valence electrons. The highest BCUT2D eigenvalue weighted by Gasteiger charge is 2.58. The van der Waals surface area contributed by atoms with Crippen LogP contribution in [0.3, 0.4) is 0 Å². The summed E-state index contributed by atoms with van der Waals surface area (Å²) in [5.74, 6) is 0.161. The van der Waals surface area contributed by atoms with E-state index in [1.54, 1.807) is 29.7 Å². The third-order valence-corrected chi connectivity index (χ3v) is 7.12. The maximum Gasteiger partial charge on any atom is 0.507 e. The second-order valence-electron chi connectivity index (χ2n) is 10.7. The lowest BCUT2D eigenvalue weighted by atomic mass is 9.85. The number of carbonyl (C=O) groups excluding carboxylic acids is 1. The van der Waals surface area contributed by atoms with Crippen molar-refractivity contribution in [2.45, 2.75) is 71.6 Å². The van der Waals surface area contributed by atoms with Crippen LogP contribution < -0.4 is 4.74 Å². The van der Waals surface area contributed by atoms with Crippen molar-refractivity contribution >= 4 is 23.4 Å². The Balaban J connectivity index is 2.19. The van der Waals surface area contributed by atoms with E-state index in [4.69, 9.17) is 14.2 Å². The molecule has 1 aliphatic heterocycles. The van der Waals surface area contributed by atoms with Crippen LogP contribution in [0.1, 0.15) is 82.0 Å². The summed E-state index contributed by atoms with van der Waals surface area (Å²) in [7, 11) is 1.58. The number of amides is 1. The SMILES string of the molecule is CCOC[C@H]1C[C@](CC(C)C)(OC(=O)O)N(C(=O)c2ccc(C(C)(C)C)c(OC)c2)[C@H]1c1cscn1. The van der Waals surface area contributed by atoms with Gasteiger partial charge in [-0.1, -0.05) is 40.7 Å². The second kappa shape index (κ2) is 11.2. The smallest absolute Gasteiger partial charge is 0.496 e. The zero-order chi connectivity index (χ0) is 26.7. The third-order valence-electron chi connectivity index (χ3n) is 6.52. The Morgan fingerprint density at radius 2 is 2.03 bits per heavy atom. The summed E-state index contributed by atoms with van der Waals surface area (Å²) in [6.45, 7) is 13.0. The molecule has 1 amide bonds. The molecule has 1 aromatic heterocycles. The first-order chi connectivity index (χ1) is 16.9. The zero-order valence-electron chi connectivity index (χ0n) is 22.2. The first-order valence-corrected chi connectivity index (χ1v) is 13.3. The van der Waals surface area contributed by atoms with E-state index in [0.717, 1.165) is 5.56 Å². The van der Waals surface area contributed by atoms with Crippen molar-refractivity contribution in [2.75, 3.05) is 20.3 Å². The van der Waals surface area contributed by atoms with E-state index in [1.807, 2.05) is 32.2 Å². The topological polar surface area (TPSA) is 98.2 Å². The fraction of sp³-hybridized carbons (Fsp3) is 0.593. The van der Waals surface area contributed by atoms with Crippen molar-refractivity contribution in [3.8, 4) is 5.75 Å². The number of methoxy groups -OCH3 is 1. The van der Waals surface area contributed by atoms with Crippen molar-refractivity contribution in [3.63, 3.8) is 0 Å². The average molecular weight is 519 g/mol. The van der Waals surface area contributed by atoms with Gasteiger partial charge in [-0.25, -0.2) is 9.78 Å². The van der Waals surface area contributed by atoms with Crippen molar-refractivity contribution < 1.29 is 28.9 Å². The van der Waals surface area contributed by atoms with Crippen LogP contribution in [-0.4, -0.2) is 53.1 Å². The van der Waals surface area contributed by atoms with Gasteiger partial charge in [-0.05, 0) is 36.0 Å². The van der Waals surface area contributed by atoms with Gasteiger partial charge >= 0.3 is 6.16 Å². The maximum absolute atomic E-state index is 14.3. The van der Waals surface area contributed by atoms with E-state index in [9.17, 15) is 14.7 Å². The van der Waals surface area contributed by atoms with E-state index in [1.165, 1.54) is 11.3 Å². The number of hydrogen-bond donors (Lipinski definition) is 1. The number of nitrogens with zero attached hydrogens (tertiary/aromatic N) is 2. The zero-order valence-corrected chi connectivity index (χ0v) is 23.1. The molecule has 1 N–H and O–H groups in total. The molecule has 3 atom stereocenters. The molecular formula is C27H38N2O6S. The summed E-state index contributed by atoms with van der Waals surface area (Å²) in [4.78, 5) is 32.4. The number of carboxylic acid groups (broad SMARTS) is 1. The van der Waals surface area contributed by atoms with Gasteiger partial charge in [0.25, 0.3) is 5.91 Å². The van der Waals surface area contributed by atoms with Crippen LogP contribution >= 0.6 is 11.3 Å². The Morgan fingerprint density at radius 3 is 2.56 bits per heavy atom. The van der Waals surface area contributed by atoms with E-state index in [-0.39, 0.29) is 23.2 Å². The highest BCUT2D eigenvalue weighted by molar-refractivity contribution is 7.07. The molecular weight excluding hydrogens is 480 g/mol. The molecule has 36 heavy (non-hydrogen) atoms. The number of aromatic nitrogens is 1. The summed E-state index contributed by atoms with van der Waals surface area (Å²) in [5, 5.41) is 11.7. The molecule has 9 heteroatoms. The highest BCUT2D eigenvalue weighted by atomic mass is 32.1. The molecule has 1 aromatic carbocycles. The van der Waals surface area contributed by atoms with Crippen LogP contribution in [0.4, 0.5) is 4.79 Å². The van der Waals surface area contributed by atoms with Crippen LogP contribution in [0.15, 0.2) is 29.1 Å². The lowest BCUT2D eigenvalue weighted by Gasteiger charge is -2.40.